The second kappa shape index (κ2) is 7.94. The Bertz CT molecular complexity index is 979. The number of carbonyl (C=O) groups excluding carboxylic acids is 2. The molecule has 3 N–H and O–H groups in total. The number of carbonyl (C=O) groups is 2. The summed E-state index contributed by atoms with van der Waals surface area (Å²) in [5, 5.41) is 5.42. The van der Waals surface area contributed by atoms with E-state index in [0.717, 1.165) is 25.9 Å². The van der Waals surface area contributed by atoms with Gasteiger partial charge >= 0.3 is 0 Å². The van der Waals surface area contributed by atoms with Crippen molar-refractivity contribution in [2.75, 3.05) is 35.2 Å². The number of aromatic amines is 1. The van der Waals surface area contributed by atoms with Gasteiger partial charge < -0.3 is 20.3 Å². The van der Waals surface area contributed by atoms with Crippen molar-refractivity contribution in [2.45, 2.75) is 32.1 Å². The zero-order chi connectivity index (χ0) is 20.4. The molecule has 1 aromatic carbocycles. The number of aromatic nitrogens is 2. The van der Waals surface area contributed by atoms with Gasteiger partial charge in [-0.3, -0.25) is 19.4 Å². The van der Waals surface area contributed by atoms with E-state index in [2.05, 4.69) is 20.6 Å². The molecule has 0 saturated carbocycles. The van der Waals surface area contributed by atoms with Crippen molar-refractivity contribution in [3.8, 4) is 5.75 Å². The Morgan fingerprint density at radius 2 is 1.97 bits per heavy atom. The van der Waals surface area contributed by atoms with Gasteiger partial charge in [0.2, 0.25) is 17.8 Å². The third-order valence-corrected chi connectivity index (χ3v) is 5.09. The molecule has 1 saturated heterocycles. The number of anilines is 3. The van der Waals surface area contributed by atoms with E-state index in [-0.39, 0.29) is 23.7 Å². The number of fused-ring (bicyclic) bond motifs is 1. The summed E-state index contributed by atoms with van der Waals surface area (Å²) in [6.07, 6.45) is 1.95. The van der Waals surface area contributed by atoms with Crippen LogP contribution in [0.15, 0.2) is 29.1 Å². The Hall–Kier alpha value is -3.36. The zero-order valence-electron chi connectivity index (χ0n) is 16.2. The number of benzene rings is 1. The molecule has 0 aliphatic carbocycles. The first-order valence-corrected chi connectivity index (χ1v) is 9.78. The molecule has 2 aliphatic rings. The molecule has 29 heavy (non-hydrogen) atoms. The predicted octanol–water partition coefficient (Wildman–Crippen LogP) is 1.83. The molecule has 9 heteroatoms. The number of amides is 2. The van der Waals surface area contributed by atoms with Gasteiger partial charge in [0, 0.05) is 25.2 Å². The third-order valence-electron chi connectivity index (χ3n) is 5.09. The Labute approximate surface area is 167 Å². The smallest absolute Gasteiger partial charge is 0.258 e. The fourth-order valence-corrected chi connectivity index (χ4v) is 3.69. The topological polar surface area (TPSA) is 116 Å². The van der Waals surface area contributed by atoms with Crippen molar-refractivity contribution in [1.29, 1.82) is 0 Å². The van der Waals surface area contributed by atoms with E-state index in [1.165, 1.54) is 0 Å². The fraction of sp³-hybridized carbons (Fsp3) is 0.400. The first-order chi connectivity index (χ1) is 14.0. The lowest BCUT2D eigenvalue weighted by atomic mass is 9.92. The minimum absolute atomic E-state index is 0.107. The lowest BCUT2D eigenvalue weighted by Crippen LogP contribution is -2.37. The average molecular weight is 397 g/mol. The molecule has 0 bridgehead atoms. The van der Waals surface area contributed by atoms with Gasteiger partial charge in [-0.1, -0.05) is 0 Å². The highest BCUT2D eigenvalue weighted by Gasteiger charge is 2.35. The van der Waals surface area contributed by atoms with Crippen LogP contribution in [0, 0.1) is 0 Å². The Morgan fingerprint density at radius 3 is 2.66 bits per heavy atom. The summed E-state index contributed by atoms with van der Waals surface area (Å²) in [5.74, 6) is -0.378. The molecular formula is C20H23N5O4. The van der Waals surface area contributed by atoms with Gasteiger partial charge in [0.05, 0.1) is 18.1 Å². The highest BCUT2D eigenvalue weighted by Crippen LogP contribution is 2.30. The SMILES string of the molecule is CCOc1ccc(NC(=O)[C@@H]2CC(=O)Nc3nc(N4CCCC4)[nH]c(=O)c32)cc1. The molecule has 0 unspecified atom stereocenters. The van der Waals surface area contributed by atoms with Gasteiger partial charge in [0.25, 0.3) is 5.56 Å². The molecular weight excluding hydrogens is 374 g/mol. The maximum atomic E-state index is 12.9. The van der Waals surface area contributed by atoms with Crippen LogP contribution in [0.4, 0.5) is 17.5 Å². The quantitative estimate of drug-likeness (QED) is 0.709. The van der Waals surface area contributed by atoms with E-state index in [0.29, 0.717) is 24.0 Å². The number of H-pyrrole nitrogens is 1. The van der Waals surface area contributed by atoms with Crippen LogP contribution < -0.4 is 25.8 Å². The Balaban J connectivity index is 1.59. The normalized spacial score (nSPS) is 18.2. The lowest BCUT2D eigenvalue weighted by molar-refractivity contribution is -0.123. The summed E-state index contributed by atoms with van der Waals surface area (Å²) in [7, 11) is 0. The number of nitrogens with zero attached hydrogens (tertiary/aromatic N) is 2. The van der Waals surface area contributed by atoms with Crippen LogP contribution in [-0.4, -0.2) is 41.5 Å². The molecule has 1 aromatic heterocycles. The minimum atomic E-state index is -0.908. The molecule has 2 amide bonds. The van der Waals surface area contributed by atoms with Crippen molar-refractivity contribution < 1.29 is 14.3 Å². The fourth-order valence-electron chi connectivity index (χ4n) is 3.69. The predicted molar refractivity (Wildman–Crippen MR) is 109 cm³/mol. The number of hydrogen-bond donors (Lipinski definition) is 3. The van der Waals surface area contributed by atoms with Gasteiger partial charge in [0.15, 0.2) is 0 Å². The van der Waals surface area contributed by atoms with Crippen LogP contribution in [0.2, 0.25) is 0 Å². The van der Waals surface area contributed by atoms with E-state index in [1.807, 2.05) is 11.8 Å². The lowest BCUT2D eigenvalue weighted by Gasteiger charge is -2.25. The van der Waals surface area contributed by atoms with Crippen LogP contribution in [0.3, 0.4) is 0 Å². The summed E-state index contributed by atoms with van der Waals surface area (Å²) >= 11 is 0. The maximum absolute atomic E-state index is 12.9. The zero-order valence-corrected chi connectivity index (χ0v) is 16.2. The van der Waals surface area contributed by atoms with Crippen molar-refractivity contribution >= 4 is 29.3 Å². The van der Waals surface area contributed by atoms with Crippen molar-refractivity contribution in [2.24, 2.45) is 0 Å². The number of nitrogens with one attached hydrogen (secondary N) is 3. The second-order valence-electron chi connectivity index (χ2n) is 7.10. The molecule has 0 spiro atoms. The van der Waals surface area contributed by atoms with Gasteiger partial charge in [-0.2, -0.15) is 4.98 Å². The highest BCUT2D eigenvalue weighted by atomic mass is 16.5. The first-order valence-electron chi connectivity index (χ1n) is 9.78. The minimum Gasteiger partial charge on any atom is -0.494 e. The van der Waals surface area contributed by atoms with Gasteiger partial charge in [-0.15, -0.1) is 0 Å². The molecule has 4 rings (SSSR count). The first kappa shape index (κ1) is 19.0. The molecule has 2 aromatic rings. The summed E-state index contributed by atoms with van der Waals surface area (Å²) in [4.78, 5) is 47.0. The molecule has 1 atom stereocenters. The van der Waals surface area contributed by atoms with E-state index >= 15 is 0 Å². The number of rotatable bonds is 5. The summed E-state index contributed by atoms with van der Waals surface area (Å²) < 4.78 is 5.39. The van der Waals surface area contributed by atoms with Gasteiger partial charge in [0.1, 0.15) is 11.6 Å². The average Bonchev–Trinajstić information content (AvgIpc) is 3.23. The molecule has 2 aliphatic heterocycles. The maximum Gasteiger partial charge on any atom is 0.258 e. The van der Waals surface area contributed by atoms with Gasteiger partial charge in [-0.05, 0) is 44.0 Å². The second-order valence-corrected chi connectivity index (χ2v) is 7.10. The molecule has 1 fully saturated rings. The molecule has 0 radical (unpaired) electrons. The van der Waals surface area contributed by atoms with Crippen molar-refractivity contribution in [1.82, 2.24) is 9.97 Å². The van der Waals surface area contributed by atoms with Gasteiger partial charge in [-0.25, -0.2) is 0 Å². The Morgan fingerprint density at radius 1 is 1.24 bits per heavy atom. The highest BCUT2D eigenvalue weighted by molar-refractivity contribution is 6.04. The standard InChI is InChI=1S/C20H23N5O4/c1-2-29-13-7-5-12(6-8-13)21-18(27)14-11-15(26)22-17-16(14)19(28)24-20(23-17)25-9-3-4-10-25/h5-8,14H,2-4,9-11H2,1H3,(H,21,27)(H2,22,23,24,26,28)/t14-/m1/s1. The monoisotopic (exact) mass is 397 g/mol. The molecule has 9 nitrogen and oxygen atoms in total. The number of hydrogen-bond acceptors (Lipinski definition) is 6. The van der Waals surface area contributed by atoms with E-state index < -0.39 is 17.4 Å². The third kappa shape index (κ3) is 3.94. The summed E-state index contributed by atoms with van der Waals surface area (Å²) in [6.45, 7) is 4.05. The van der Waals surface area contributed by atoms with Crippen LogP contribution in [0.25, 0.3) is 0 Å². The summed E-state index contributed by atoms with van der Waals surface area (Å²) in [6, 6.07) is 6.92. The van der Waals surface area contributed by atoms with Crippen LogP contribution >= 0.6 is 0 Å². The van der Waals surface area contributed by atoms with Crippen LogP contribution in [0.5, 0.6) is 5.75 Å². The van der Waals surface area contributed by atoms with Crippen LogP contribution in [0.1, 0.15) is 37.7 Å². The van der Waals surface area contributed by atoms with E-state index in [9.17, 15) is 14.4 Å². The van der Waals surface area contributed by atoms with E-state index in [1.54, 1.807) is 24.3 Å². The summed E-state index contributed by atoms with van der Waals surface area (Å²) in [5.41, 5.74) is 0.351. The van der Waals surface area contributed by atoms with Crippen molar-refractivity contribution in [3.05, 3.63) is 40.2 Å². The molecule has 3 heterocycles. The molecule has 152 valence electrons. The largest absolute Gasteiger partial charge is 0.494 e. The number of ether oxygens (including phenoxy) is 1. The van der Waals surface area contributed by atoms with Crippen molar-refractivity contribution in [3.63, 3.8) is 0 Å². The Kier molecular flexibility index (Phi) is 5.20. The van der Waals surface area contributed by atoms with Crippen LogP contribution in [-0.2, 0) is 9.59 Å². The van der Waals surface area contributed by atoms with E-state index in [4.69, 9.17) is 4.74 Å².